The Labute approximate surface area is 223 Å². The van der Waals surface area contributed by atoms with Crippen molar-refractivity contribution in [3.05, 3.63) is 0 Å². The van der Waals surface area contributed by atoms with Crippen LogP contribution in [0, 0.1) is 56.2 Å². The molecule has 0 aromatic rings. The van der Waals surface area contributed by atoms with E-state index in [1.807, 2.05) is 0 Å². The van der Waals surface area contributed by atoms with Crippen LogP contribution in [0.3, 0.4) is 0 Å². The Bertz CT molecular complexity index is 1060. The van der Waals surface area contributed by atoms with Gasteiger partial charge >= 0.3 is 11.9 Å². The highest BCUT2D eigenvalue weighted by Gasteiger charge is 2.75. The molecule has 37 heavy (non-hydrogen) atoms. The first-order chi connectivity index (χ1) is 17.0. The molecule has 6 fully saturated rings. The fourth-order valence-electron chi connectivity index (χ4n) is 12.1. The number of rotatable bonds is 1. The fraction of sp³-hybridized carbons (Fsp3) is 0.906. The Balaban J connectivity index is 1.39. The van der Waals surface area contributed by atoms with E-state index in [1.54, 1.807) is 0 Å². The standard InChI is InChI=1S/C32H48O5/c1-18(33)36-24-20(34)17-29(6)21(28(24,4)5)11-12-31(8)22(29)10-9-19-23-25-27(2,3)13-15-32(23,26(35)37-25)16-14-30(19,31)7/h19,21-25H,9-17H2,1-8H3/t19-,21+,22-,23?,24?,25?,29+,30-,31-,32+/m1/s1. The quantitative estimate of drug-likeness (QED) is 0.374. The van der Waals surface area contributed by atoms with Gasteiger partial charge in [-0.15, -0.1) is 0 Å². The largest absolute Gasteiger partial charge is 0.461 e. The number of carbonyl (C=O) groups is 3. The molecule has 0 N–H and O–H groups in total. The molecular weight excluding hydrogens is 464 g/mol. The summed E-state index contributed by atoms with van der Waals surface area (Å²) in [5, 5.41) is 0. The van der Waals surface area contributed by atoms with E-state index in [1.165, 1.54) is 6.92 Å². The molecule has 0 radical (unpaired) electrons. The molecule has 5 heteroatoms. The lowest BCUT2D eigenvalue weighted by Crippen LogP contribution is -2.69. The number of carbonyl (C=O) groups excluding carboxylic acids is 3. The normalized spacial score (nSPS) is 53.2. The van der Waals surface area contributed by atoms with E-state index in [0.717, 1.165) is 51.4 Å². The van der Waals surface area contributed by atoms with Crippen LogP contribution in [0.15, 0.2) is 0 Å². The van der Waals surface area contributed by atoms with E-state index >= 15 is 0 Å². The van der Waals surface area contributed by atoms with Crippen LogP contribution in [0.4, 0.5) is 0 Å². The van der Waals surface area contributed by atoms with Crippen LogP contribution < -0.4 is 0 Å². The zero-order chi connectivity index (χ0) is 27.0. The molecule has 0 spiro atoms. The van der Waals surface area contributed by atoms with Crippen LogP contribution in [-0.2, 0) is 23.9 Å². The average molecular weight is 513 g/mol. The summed E-state index contributed by atoms with van der Waals surface area (Å²) in [6.45, 7) is 17.8. The minimum Gasteiger partial charge on any atom is -0.461 e. The first-order valence-electron chi connectivity index (χ1n) is 15.0. The van der Waals surface area contributed by atoms with Crippen molar-refractivity contribution in [3.63, 3.8) is 0 Å². The monoisotopic (exact) mass is 512 g/mol. The maximum atomic E-state index is 13.6. The molecule has 1 heterocycles. The second-order valence-electron chi connectivity index (χ2n) is 16.1. The topological polar surface area (TPSA) is 69.7 Å². The molecule has 5 nitrogen and oxygen atoms in total. The van der Waals surface area contributed by atoms with Gasteiger partial charge in [0.1, 0.15) is 6.10 Å². The second kappa shape index (κ2) is 7.42. The molecule has 5 aliphatic carbocycles. The number of hydrogen-bond acceptors (Lipinski definition) is 5. The van der Waals surface area contributed by atoms with E-state index < -0.39 is 6.10 Å². The number of esters is 2. The van der Waals surface area contributed by atoms with Crippen LogP contribution in [0.1, 0.15) is 113 Å². The lowest BCUT2D eigenvalue weighted by molar-refractivity contribution is -0.249. The third-order valence-electron chi connectivity index (χ3n) is 14.0. The minimum atomic E-state index is -0.642. The van der Waals surface area contributed by atoms with E-state index in [-0.39, 0.29) is 56.3 Å². The molecule has 0 amide bonds. The molecule has 6 rings (SSSR count). The van der Waals surface area contributed by atoms with Gasteiger partial charge in [0, 0.05) is 30.1 Å². The SMILES string of the molecule is CC(=O)OC1C(=O)C[C@]2(C)[C@H]3CC[C@@H]4C5C6OC(=O)[C@@]5(CCC6(C)C)CC[C@@]4(C)[C@]3(C)CC[C@H]2C1(C)C. The Morgan fingerprint density at radius 2 is 1.51 bits per heavy atom. The highest BCUT2D eigenvalue weighted by Crippen LogP contribution is 2.78. The van der Waals surface area contributed by atoms with Crippen molar-refractivity contribution in [1.29, 1.82) is 0 Å². The van der Waals surface area contributed by atoms with E-state index in [4.69, 9.17) is 9.47 Å². The van der Waals surface area contributed by atoms with Gasteiger partial charge in [-0.05, 0) is 85.4 Å². The van der Waals surface area contributed by atoms with Crippen LogP contribution in [0.25, 0.3) is 0 Å². The number of fused-ring (bicyclic) bond motifs is 5. The van der Waals surface area contributed by atoms with Crippen molar-refractivity contribution in [1.82, 2.24) is 0 Å². The van der Waals surface area contributed by atoms with E-state index in [0.29, 0.717) is 30.1 Å². The van der Waals surface area contributed by atoms with Crippen molar-refractivity contribution in [2.75, 3.05) is 0 Å². The molecule has 2 bridgehead atoms. The first-order valence-corrected chi connectivity index (χ1v) is 15.0. The molecule has 3 unspecified atom stereocenters. The first kappa shape index (κ1) is 25.9. The van der Waals surface area contributed by atoms with Gasteiger partial charge in [0.05, 0.1) is 5.41 Å². The highest BCUT2D eigenvalue weighted by atomic mass is 16.6. The van der Waals surface area contributed by atoms with Crippen molar-refractivity contribution >= 4 is 17.7 Å². The summed E-state index contributed by atoms with van der Waals surface area (Å²) in [5.41, 5.74) is -0.488. The van der Waals surface area contributed by atoms with Crippen molar-refractivity contribution in [2.24, 2.45) is 56.2 Å². The summed E-state index contributed by atoms with van der Waals surface area (Å²) >= 11 is 0. The molecule has 6 aliphatic rings. The van der Waals surface area contributed by atoms with Crippen LogP contribution in [0.2, 0.25) is 0 Å². The molecule has 0 aromatic heterocycles. The lowest BCUT2D eigenvalue weighted by atomic mass is 9.31. The zero-order valence-electron chi connectivity index (χ0n) is 24.4. The highest BCUT2D eigenvalue weighted by molar-refractivity contribution is 5.88. The summed E-state index contributed by atoms with van der Waals surface area (Å²) < 4.78 is 11.9. The molecule has 10 atom stereocenters. The summed E-state index contributed by atoms with van der Waals surface area (Å²) in [6.07, 6.45) is 8.41. The van der Waals surface area contributed by atoms with Crippen LogP contribution in [-0.4, -0.2) is 29.9 Å². The maximum absolute atomic E-state index is 13.6. The summed E-state index contributed by atoms with van der Waals surface area (Å²) in [4.78, 5) is 38.9. The predicted octanol–water partition coefficient (Wildman–Crippen LogP) is 6.51. The maximum Gasteiger partial charge on any atom is 0.312 e. The van der Waals surface area contributed by atoms with Gasteiger partial charge in [-0.2, -0.15) is 0 Å². The van der Waals surface area contributed by atoms with Gasteiger partial charge in [0.2, 0.25) is 0 Å². The van der Waals surface area contributed by atoms with Gasteiger partial charge in [-0.1, -0.05) is 48.5 Å². The van der Waals surface area contributed by atoms with Gasteiger partial charge in [0.15, 0.2) is 11.9 Å². The molecular formula is C32H48O5. The van der Waals surface area contributed by atoms with Gasteiger partial charge < -0.3 is 9.47 Å². The minimum absolute atomic E-state index is 0.0325. The number of ketones is 1. The van der Waals surface area contributed by atoms with Crippen molar-refractivity contribution < 1.29 is 23.9 Å². The zero-order valence-corrected chi connectivity index (χ0v) is 24.4. The number of ether oxygens (including phenoxy) is 2. The van der Waals surface area contributed by atoms with Crippen molar-refractivity contribution in [3.8, 4) is 0 Å². The molecule has 5 saturated carbocycles. The smallest absolute Gasteiger partial charge is 0.312 e. The second-order valence-corrected chi connectivity index (χ2v) is 16.1. The fourth-order valence-corrected chi connectivity index (χ4v) is 12.1. The van der Waals surface area contributed by atoms with E-state index in [2.05, 4.69) is 48.5 Å². The predicted molar refractivity (Wildman–Crippen MR) is 140 cm³/mol. The number of hydrogen-bond donors (Lipinski definition) is 0. The Kier molecular flexibility index (Phi) is 5.18. The van der Waals surface area contributed by atoms with Crippen LogP contribution in [0.5, 0.6) is 0 Å². The average Bonchev–Trinajstić information content (AvgIpc) is 3.04. The molecule has 1 saturated heterocycles. The third kappa shape index (κ3) is 2.95. The third-order valence-corrected chi connectivity index (χ3v) is 14.0. The van der Waals surface area contributed by atoms with Gasteiger partial charge in [-0.3, -0.25) is 14.4 Å². The molecule has 1 aliphatic heterocycles. The summed E-state index contributed by atoms with van der Waals surface area (Å²) in [5.74, 6) is 1.43. The summed E-state index contributed by atoms with van der Waals surface area (Å²) in [6, 6.07) is 0. The Hall–Kier alpha value is -1.39. The summed E-state index contributed by atoms with van der Waals surface area (Å²) in [7, 11) is 0. The molecule has 206 valence electrons. The van der Waals surface area contributed by atoms with Gasteiger partial charge in [-0.25, -0.2) is 0 Å². The lowest BCUT2D eigenvalue weighted by Gasteiger charge is -2.72. The van der Waals surface area contributed by atoms with E-state index in [9.17, 15) is 14.4 Å². The Morgan fingerprint density at radius 3 is 2.19 bits per heavy atom. The van der Waals surface area contributed by atoms with Crippen molar-refractivity contribution in [2.45, 2.75) is 125 Å². The Morgan fingerprint density at radius 1 is 0.838 bits per heavy atom. The van der Waals surface area contributed by atoms with Gasteiger partial charge in [0.25, 0.3) is 0 Å². The molecule has 0 aromatic carbocycles. The van der Waals surface area contributed by atoms with Crippen LogP contribution >= 0.6 is 0 Å². The number of Topliss-reactive ketones (excluding diaryl/α,β-unsaturated/α-hetero) is 1.